The number of likely N-dealkylation sites (N-methyl/N-ethyl adjacent to an activating group) is 1. The fourth-order valence-corrected chi connectivity index (χ4v) is 1.89. The van der Waals surface area contributed by atoms with Crippen molar-refractivity contribution in [3.8, 4) is 0 Å². The highest BCUT2D eigenvalue weighted by Gasteiger charge is 2.23. The molecule has 0 spiro atoms. The summed E-state index contributed by atoms with van der Waals surface area (Å²) in [7, 11) is 2.19. The average Bonchev–Trinajstić information content (AvgIpc) is 1.98. The van der Waals surface area contributed by atoms with E-state index in [-0.39, 0.29) is 0 Å². The first kappa shape index (κ1) is 12.9. The lowest BCUT2D eigenvalue weighted by atomic mass is 9.89. The van der Waals surface area contributed by atoms with Crippen molar-refractivity contribution in [2.24, 2.45) is 11.8 Å². The Bertz CT molecular complexity index is 169. The molecule has 0 saturated carbocycles. The molecule has 1 atom stereocenters. The molecular formula is C12H26N2O. The second-order valence-corrected chi connectivity index (χ2v) is 5.08. The van der Waals surface area contributed by atoms with Crippen LogP contribution in [0.4, 0.5) is 0 Å². The van der Waals surface area contributed by atoms with Crippen molar-refractivity contribution in [2.75, 3.05) is 39.8 Å². The van der Waals surface area contributed by atoms with E-state index in [0.29, 0.717) is 6.10 Å². The van der Waals surface area contributed by atoms with E-state index < -0.39 is 0 Å². The Morgan fingerprint density at radius 2 is 2.00 bits per heavy atom. The first-order chi connectivity index (χ1) is 7.09. The molecule has 15 heavy (non-hydrogen) atoms. The molecule has 3 nitrogen and oxygen atoms in total. The number of hydrogen-bond acceptors (Lipinski definition) is 3. The zero-order valence-electron chi connectivity index (χ0n) is 10.6. The highest BCUT2D eigenvalue weighted by Crippen LogP contribution is 2.16. The molecule has 1 fully saturated rings. The lowest BCUT2D eigenvalue weighted by Crippen LogP contribution is -2.48. The van der Waals surface area contributed by atoms with Gasteiger partial charge >= 0.3 is 0 Å². The van der Waals surface area contributed by atoms with Crippen molar-refractivity contribution in [1.82, 2.24) is 10.2 Å². The van der Waals surface area contributed by atoms with Gasteiger partial charge in [-0.1, -0.05) is 6.92 Å². The fraction of sp³-hybridized carbons (Fsp3) is 1.00. The van der Waals surface area contributed by atoms with Gasteiger partial charge in [0.1, 0.15) is 0 Å². The second kappa shape index (κ2) is 6.46. The van der Waals surface area contributed by atoms with Crippen molar-refractivity contribution in [1.29, 1.82) is 0 Å². The Hall–Kier alpha value is -0.120. The third kappa shape index (κ3) is 4.96. The molecule has 0 bridgehead atoms. The third-order valence-electron chi connectivity index (χ3n) is 3.14. The summed E-state index contributed by atoms with van der Waals surface area (Å²) in [6.07, 6.45) is 0.353. The number of hydrogen-bond donors (Lipinski definition) is 1. The van der Waals surface area contributed by atoms with Crippen molar-refractivity contribution in [3.05, 3.63) is 0 Å². The van der Waals surface area contributed by atoms with Crippen LogP contribution in [0.15, 0.2) is 0 Å². The summed E-state index contributed by atoms with van der Waals surface area (Å²) < 4.78 is 5.54. The number of nitrogens with zero attached hydrogens (tertiary/aromatic N) is 1. The van der Waals surface area contributed by atoms with Gasteiger partial charge in [-0.05, 0) is 45.8 Å². The SMILES string of the molecule is CC(C)OCCN(C)CC(C)C1CNC1. The van der Waals surface area contributed by atoms with Gasteiger partial charge in [-0.25, -0.2) is 0 Å². The standard InChI is InChI=1S/C12H26N2O/c1-10(2)15-6-5-14(4)9-11(3)12-7-13-8-12/h10-13H,5-9H2,1-4H3. The van der Waals surface area contributed by atoms with Crippen molar-refractivity contribution >= 4 is 0 Å². The molecule has 3 heteroatoms. The van der Waals surface area contributed by atoms with Crippen molar-refractivity contribution < 1.29 is 4.74 Å². The minimum Gasteiger partial charge on any atom is -0.377 e. The van der Waals surface area contributed by atoms with Crippen LogP contribution in [0.25, 0.3) is 0 Å². The molecule has 1 aliphatic heterocycles. The number of rotatable bonds is 7. The molecule has 1 saturated heterocycles. The van der Waals surface area contributed by atoms with E-state index in [1.807, 2.05) is 0 Å². The number of nitrogens with one attached hydrogen (secondary N) is 1. The van der Waals surface area contributed by atoms with E-state index in [1.165, 1.54) is 19.6 Å². The third-order valence-corrected chi connectivity index (χ3v) is 3.14. The lowest BCUT2D eigenvalue weighted by Gasteiger charge is -2.34. The molecule has 0 aliphatic carbocycles. The maximum absolute atomic E-state index is 5.54. The zero-order chi connectivity index (χ0) is 11.3. The van der Waals surface area contributed by atoms with Crippen LogP contribution in [0.1, 0.15) is 20.8 Å². The second-order valence-electron chi connectivity index (χ2n) is 5.08. The van der Waals surface area contributed by atoms with Crippen LogP contribution in [0.5, 0.6) is 0 Å². The van der Waals surface area contributed by atoms with E-state index in [0.717, 1.165) is 25.0 Å². The smallest absolute Gasteiger partial charge is 0.0596 e. The van der Waals surface area contributed by atoms with Crippen molar-refractivity contribution in [3.63, 3.8) is 0 Å². The molecule has 0 aromatic rings. The molecule has 0 radical (unpaired) electrons. The molecule has 0 amide bonds. The molecule has 0 aromatic heterocycles. The summed E-state index contributed by atoms with van der Waals surface area (Å²) in [5, 5.41) is 3.33. The minimum absolute atomic E-state index is 0.353. The monoisotopic (exact) mass is 214 g/mol. The minimum atomic E-state index is 0.353. The van der Waals surface area contributed by atoms with Crippen LogP contribution in [0.2, 0.25) is 0 Å². The van der Waals surface area contributed by atoms with Crippen LogP contribution in [-0.4, -0.2) is 50.8 Å². The summed E-state index contributed by atoms with van der Waals surface area (Å²) in [5.41, 5.74) is 0. The van der Waals surface area contributed by atoms with Crippen LogP contribution < -0.4 is 5.32 Å². The predicted octanol–water partition coefficient (Wildman–Crippen LogP) is 1.20. The topological polar surface area (TPSA) is 24.5 Å². The van der Waals surface area contributed by atoms with Gasteiger partial charge < -0.3 is 15.0 Å². The molecule has 90 valence electrons. The summed E-state index contributed by atoms with van der Waals surface area (Å²) >= 11 is 0. The van der Waals surface area contributed by atoms with Crippen molar-refractivity contribution in [2.45, 2.75) is 26.9 Å². The maximum atomic E-state index is 5.54. The van der Waals surface area contributed by atoms with Gasteiger partial charge in [-0.3, -0.25) is 0 Å². The highest BCUT2D eigenvalue weighted by atomic mass is 16.5. The fourth-order valence-electron chi connectivity index (χ4n) is 1.89. The van der Waals surface area contributed by atoms with Gasteiger partial charge in [0.15, 0.2) is 0 Å². The molecule has 1 N–H and O–H groups in total. The van der Waals surface area contributed by atoms with Crippen LogP contribution in [-0.2, 0) is 4.74 Å². The Balaban J connectivity index is 2.03. The van der Waals surface area contributed by atoms with E-state index in [2.05, 4.69) is 38.0 Å². The van der Waals surface area contributed by atoms with E-state index >= 15 is 0 Å². The molecule has 0 aromatic carbocycles. The van der Waals surface area contributed by atoms with Crippen LogP contribution >= 0.6 is 0 Å². The Morgan fingerprint density at radius 3 is 2.47 bits per heavy atom. The highest BCUT2D eigenvalue weighted by molar-refractivity contribution is 4.80. The zero-order valence-corrected chi connectivity index (χ0v) is 10.6. The Labute approximate surface area is 94.2 Å². The summed E-state index contributed by atoms with van der Waals surface area (Å²) in [6, 6.07) is 0. The molecule has 1 rings (SSSR count). The van der Waals surface area contributed by atoms with E-state index in [9.17, 15) is 0 Å². The largest absolute Gasteiger partial charge is 0.377 e. The predicted molar refractivity (Wildman–Crippen MR) is 64.1 cm³/mol. The quantitative estimate of drug-likeness (QED) is 0.689. The van der Waals surface area contributed by atoms with E-state index in [1.54, 1.807) is 0 Å². The van der Waals surface area contributed by atoms with Gasteiger partial charge in [-0.15, -0.1) is 0 Å². The van der Waals surface area contributed by atoms with Gasteiger partial charge in [0, 0.05) is 13.1 Å². The molecule has 1 aliphatic rings. The molecular weight excluding hydrogens is 188 g/mol. The summed E-state index contributed by atoms with van der Waals surface area (Å²) in [5.74, 6) is 1.69. The first-order valence-corrected chi connectivity index (χ1v) is 6.10. The van der Waals surface area contributed by atoms with Crippen LogP contribution in [0, 0.1) is 11.8 Å². The van der Waals surface area contributed by atoms with Crippen LogP contribution in [0.3, 0.4) is 0 Å². The summed E-state index contributed by atoms with van der Waals surface area (Å²) in [6.45, 7) is 12.0. The van der Waals surface area contributed by atoms with Gasteiger partial charge in [0.2, 0.25) is 0 Å². The molecule has 1 heterocycles. The number of ether oxygens (including phenoxy) is 1. The molecule has 1 unspecified atom stereocenters. The Kier molecular flexibility index (Phi) is 5.58. The van der Waals surface area contributed by atoms with Gasteiger partial charge in [0.25, 0.3) is 0 Å². The van der Waals surface area contributed by atoms with Gasteiger partial charge in [-0.2, -0.15) is 0 Å². The van der Waals surface area contributed by atoms with E-state index in [4.69, 9.17) is 4.74 Å². The van der Waals surface area contributed by atoms with Gasteiger partial charge in [0.05, 0.1) is 12.7 Å². The Morgan fingerprint density at radius 1 is 1.33 bits per heavy atom. The maximum Gasteiger partial charge on any atom is 0.0596 e. The normalized spacial score (nSPS) is 19.6. The lowest BCUT2D eigenvalue weighted by molar-refractivity contribution is 0.0583. The average molecular weight is 214 g/mol. The summed E-state index contributed by atoms with van der Waals surface area (Å²) in [4.78, 5) is 2.38. The first-order valence-electron chi connectivity index (χ1n) is 6.10.